The van der Waals surface area contributed by atoms with Gasteiger partial charge in [-0.2, -0.15) is 0 Å². The van der Waals surface area contributed by atoms with Crippen molar-refractivity contribution in [3.8, 4) is 0 Å². The molecule has 0 saturated heterocycles. The molecule has 0 amide bonds. The fraction of sp³-hybridized carbons (Fsp3) is 0. The van der Waals surface area contributed by atoms with Crippen molar-refractivity contribution in [3.05, 3.63) is 35.4 Å². The summed E-state index contributed by atoms with van der Waals surface area (Å²) < 4.78 is 2.67. The Kier molecular flexibility index (Phi) is 1.11. The van der Waals surface area contributed by atoms with Crippen molar-refractivity contribution in [2.45, 2.75) is 0 Å². The number of hydrogen-bond acceptors (Lipinski definition) is 1. The second kappa shape index (κ2) is 1.95. The van der Waals surface area contributed by atoms with Crippen LogP contribution in [0.15, 0.2) is 30.6 Å². The Morgan fingerprint density at radius 1 is 1.40 bits per heavy atom. The molecule has 0 aliphatic heterocycles. The van der Waals surface area contributed by atoms with E-state index in [1.807, 2.05) is 35.0 Å². The van der Waals surface area contributed by atoms with Gasteiger partial charge in [0.15, 0.2) is 4.77 Å². The van der Waals surface area contributed by atoms with Crippen molar-refractivity contribution in [3.63, 3.8) is 0 Å². The van der Waals surface area contributed by atoms with Gasteiger partial charge in [-0.25, -0.2) is 0 Å². The number of hydrogen-bond donors (Lipinski definition) is 1. The second-order valence-corrected chi connectivity index (χ2v) is 2.48. The van der Waals surface area contributed by atoms with Gasteiger partial charge in [-0.15, -0.1) is 0 Å². The predicted molar refractivity (Wildman–Crippen MR) is 42.6 cm³/mol. The molecule has 0 aliphatic rings. The van der Waals surface area contributed by atoms with Gasteiger partial charge in [-0.3, -0.25) is 4.40 Å². The van der Waals surface area contributed by atoms with E-state index in [1.54, 1.807) is 0 Å². The highest BCUT2D eigenvalue weighted by Crippen LogP contribution is 2.00. The van der Waals surface area contributed by atoms with Crippen LogP contribution in [0.1, 0.15) is 0 Å². The summed E-state index contributed by atoms with van der Waals surface area (Å²) >= 11 is 4.99. The number of pyridine rings is 1. The molecule has 0 radical (unpaired) electrons. The maximum Gasteiger partial charge on any atom is 0.181 e. The molecule has 0 atom stereocenters. The van der Waals surface area contributed by atoms with Crippen molar-refractivity contribution in [1.82, 2.24) is 9.38 Å². The van der Waals surface area contributed by atoms with Crippen molar-refractivity contribution in [1.29, 1.82) is 0 Å². The highest BCUT2D eigenvalue weighted by Gasteiger charge is 1.88. The monoisotopic (exact) mass is 150 g/mol. The van der Waals surface area contributed by atoms with E-state index in [1.165, 1.54) is 0 Å². The average molecular weight is 150 g/mol. The van der Waals surface area contributed by atoms with Crippen LogP contribution in [0, 0.1) is 4.77 Å². The maximum absolute atomic E-state index is 4.99. The minimum atomic E-state index is 0.746. The van der Waals surface area contributed by atoms with E-state index in [0.29, 0.717) is 0 Å². The third-order valence-corrected chi connectivity index (χ3v) is 1.77. The van der Waals surface area contributed by atoms with Gasteiger partial charge in [0.05, 0.1) is 5.52 Å². The first-order chi connectivity index (χ1) is 4.88. The summed E-state index contributed by atoms with van der Waals surface area (Å²) in [7, 11) is 0. The quantitative estimate of drug-likeness (QED) is 0.569. The molecule has 0 bridgehead atoms. The predicted octanol–water partition coefficient (Wildman–Crippen LogP) is 2.00. The second-order valence-electron chi connectivity index (χ2n) is 2.09. The lowest BCUT2D eigenvalue weighted by Gasteiger charge is -1.87. The van der Waals surface area contributed by atoms with Gasteiger partial charge in [0.25, 0.3) is 0 Å². The number of H-pyrrole nitrogens is 1. The summed E-state index contributed by atoms with van der Waals surface area (Å²) in [5.41, 5.74) is 1.10. The summed E-state index contributed by atoms with van der Waals surface area (Å²) in [6.45, 7) is 0. The number of nitrogens with one attached hydrogen (secondary N) is 1. The topological polar surface area (TPSA) is 20.2 Å². The molecule has 0 aliphatic carbocycles. The summed E-state index contributed by atoms with van der Waals surface area (Å²) in [5.74, 6) is 0. The van der Waals surface area contributed by atoms with Gasteiger partial charge >= 0.3 is 0 Å². The van der Waals surface area contributed by atoms with E-state index in [4.69, 9.17) is 12.2 Å². The zero-order chi connectivity index (χ0) is 6.97. The van der Waals surface area contributed by atoms with Crippen LogP contribution in [0.2, 0.25) is 0 Å². The fourth-order valence-corrected chi connectivity index (χ4v) is 1.19. The van der Waals surface area contributed by atoms with E-state index in [9.17, 15) is 0 Å². The molecule has 1 N–H and O–H groups in total. The number of aromatic amines is 1. The SMILES string of the molecule is S=c1[nH]cc2ccccn12. The van der Waals surface area contributed by atoms with Gasteiger partial charge in [0.2, 0.25) is 0 Å². The normalized spacial score (nSPS) is 10.4. The lowest BCUT2D eigenvalue weighted by atomic mass is 10.4. The maximum atomic E-state index is 4.99. The molecule has 2 nitrogen and oxygen atoms in total. The Morgan fingerprint density at radius 2 is 2.30 bits per heavy atom. The van der Waals surface area contributed by atoms with Gasteiger partial charge in [-0.05, 0) is 24.4 Å². The van der Waals surface area contributed by atoms with Crippen LogP contribution >= 0.6 is 12.2 Å². The first-order valence-electron chi connectivity index (χ1n) is 3.03. The molecule has 0 spiro atoms. The van der Waals surface area contributed by atoms with Gasteiger partial charge in [0, 0.05) is 12.4 Å². The van der Waals surface area contributed by atoms with E-state index >= 15 is 0 Å². The highest BCUT2D eigenvalue weighted by molar-refractivity contribution is 7.71. The van der Waals surface area contributed by atoms with Crippen molar-refractivity contribution < 1.29 is 0 Å². The summed E-state index contributed by atoms with van der Waals surface area (Å²) in [6, 6.07) is 5.95. The Labute approximate surface area is 63.1 Å². The van der Waals surface area contributed by atoms with Crippen LogP contribution in [-0.2, 0) is 0 Å². The Hall–Kier alpha value is -1.09. The molecule has 2 aromatic heterocycles. The summed E-state index contributed by atoms with van der Waals surface area (Å²) in [4.78, 5) is 2.95. The lowest BCUT2D eigenvalue weighted by molar-refractivity contribution is 1.12. The largest absolute Gasteiger partial charge is 0.336 e. The van der Waals surface area contributed by atoms with Gasteiger partial charge in [0.1, 0.15) is 0 Å². The summed E-state index contributed by atoms with van der Waals surface area (Å²) in [5, 5.41) is 0. The minimum Gasteiger partial charge on any atom is -0.336 e. The molecule has 3 heteroatoms. The molecule has 2 rings (SSSR count). The highest BCUT2D eigenvalue weighted by atomic mass is 32.1. The van der Waals surface area contributed by atoms with E-state index in [2.05, 4.69) is 4.98 Å². The Bertz CT molecular complexity index is 399. The van der Waals surface area contributed by atoms with Gasteiger partial charge < -0.3 is 4.98 Å². The van der Waals surface area contributed by atoms with E-state index < -0.39 is 0 Å². The number of imidazole rings is 1. The standard InChI is InChI=1S/C7H6N2S/c10-7-8-5-6-3-1-2-4-9(6)7/h1-5H,(H,8,10). The van der Waals surface area contributed by atoms with Crippen molar-refractivity contribution in [2.24, 2.45) is 0 Å². The molecule has 0 unspecified atom stereocenters. The molecular formula is C7H6N2S. The molecule has 50 valence electrons. The van der Waals surface area contributed by atoms with Crippen LogP contribution in [0.4, 0.5) is 0 Å². The third-order valence-electron chi connectivity index (χ3n) is 1.45. The molecular weight excluding hydrogens is 144 g/mol. The van der Waals surface area contributed by atoms with Crippen LogP contribution in [-0.4, -0.2) is 9.38 Å². The van der Waals surface area contributed by atoms with Crippen LogP contribution in [0.3, 0.4) is 0 Å². The van der Waals surface area contributed by atoms with E-state index in [-0.39, 0.29) is 0 Å². The first-order valence-corrected chi connectivity index (χ1v) is 3.43. The van der Waals surface area contributed by atoms with Crippen molar-refractivity contribution in [2.75, 3.05) is 0 Å². The van der Waals surface area contributed by atoms with Gasteiger partial charge in [-0.1, -0.05) is 6.07 Å². The minimum absolute atomic E-state index is 0.746. The number of fused-ring (bicyclic) bond motifs is 1. The molecule has 0 aromatic carbocycles. The average Bonchev–Trinajstić information content (AvgIpc) is 2.34. The van der Waals surface area contributed by atoms with Crippen molar-refractivity contribution >= 4 is 17.7 Å². The molecule has 0 saturated carbocycles. The lowest BCUT2D eigenvalue weighted by Crippen LogP contribution is -1.79. The Balaban J connectivity index is 3.07. The number of rotatable bonds is 0. The molecule has 0 fully saturated rings. The zero-order valence-corrected chi connectivity index (χ0v) is 6.06. The molecule has 10 heavy (non-hydrogen) atoms. The fourth-order valence-electron chi connectivity index (χ4n) is 0.964. The Morgan fingerprint density at radius 3 is 3.10 bits per heavy atom. The smallest absolute Gasteiger partial charge is 0.181 e. The van der Waals surface area contributed by atoms with Crippen LogP contribution in [0.5, 0.6) is 0 Å². The van der Waals surface area contributed by atoms with Crippen LogP contribution in [0.25, 0.3) is 5.52 Å². The third kappa shape index (κ3) is 0.675. The first kappa shape index (κ1) is 5.68. The number of nitrogens with zero attached hydrogens (tertiary/aromatic N) is 1. The molecule has 2 aromatic rings. The summed E-state index contributed by atoms with van der Waals surface area (Å²) in [6.07, 6.45) is 3.83. The number of aromatic nitrogens is 2. The zero-order valence-electron chi connectivity index (χ0n) is 5.24. The van der Waals surface area contributed by atoms with Crippen LogP contribution < -0.4 is 0 Å². The van der Waals surface area contributed by atoms with E-state index in [0.717, 1.165) is 10.3 Å². The molecule has 2 heterocycles.